The minimum Gasteiger partial charge on any atom is -0.480 e. The predicted molar refractivity (Wildman–Crippen MR) is 55.4 cm³/mol. The molecule has 3 amide bonds. The number of aliphatic carboxylic acids is 1. The summed E-state index contributed by atoms with van der Waals surface area (Å²) < 4.78 is 0. The first-order chi connectivity index (χ1) is 7.47. The molecule has 8 nitrogen and oxygen atoms in total. The number of carboxylic acids is 1. The van der Waals surface area contributed by atoms with Crippen molar-refractivity contribution in [3.8, 4) is 0 Å². The lowest BCUT2D eigenvalue weighted by Crippen LogP contribution is -2.47. The Kier molecular flexibility index (Phi) is 6.61. The van der Waals surface area contributed by atoms with Crippen LogP contribution in [0, 0.1) is 0 Å². The van der Waals surface area contributed by atoms with Crippen molar-refractivity contribution in [2.45, 2.75) is 18.9 Å². The fourth-order valence-corrected chi connectivity index (χ4v) is 0.915. The Morgan fingerprint density at radius 3 is 2.38 bits per heavy atom. The summed E-state index contributed by atoms with van der Waals surface area (Å²) in [5, 5.41) is 13.2. The van der Waals surface area contributed by atoms with Crippen molar-refractivity contribution in [2.75, 3.05) is 13.1 Å². The molecule has 1 atom stereocenters. The van der Waals surface area contributed by atoms with E-state index in [2.05, 4.69) is 10.6 Å². The molecule has 0 radical (unpaired) electrons. The summed E-state index contributed by atoms with van der Waals surface area (Å²) >= 11 is 0. The van der Waals surface area contributed by atoms with Gasteiger partial charge in [-0.15, -0.1) is 0 Å². The minimum absolute atomic E-state index is 0.339. The quantitative estimate of drug-likeness (QED) is 0.321. The van der Waals surface area contributed by atoms with Gasteiger partial charge in [-0.05, 0) is 13.0 Å². The molecule has 0 heterocycles. The van der Waals surface area contributed by atoms with E-state index in [0.717, 1.165) is 0 Å². The van der Waals surface area contributed by atoms with Crippen LogP contribution in [0.25, 0.3) is 0 Å². The van der Waals surface area contributed by atoms with Crippen LogP contribution in [0.2, 0.25) is 0 Å². The Labute approximate surface area is 92.4 Å². The second-order valence-corrected chi connectivity index (χ2v) is 3.10. The molecular formula is C8H16N4O4. The predicted octanol–water partition coefficient (Wildman–Crippen LogP) is -2.04. The molecule has 92 valence electrons. The maximum Gasteiger partial charge on any atom is 0.326 e. The molecule has 0 fully saturated rings. The van der Waals surface area contributed by atoms with Crippen LogP contribution in [0.4, 0.5) is 4.79 Å². The van der Waals surface area contributed by atoms with E-state index in [9.17, 15) is 14.4 Å². The normalized spacial score (nSPS) is 11.6. The highest BCUT2D eigenvalue weighted by molar-refractivity contribution is 5.87. The first-order valence-corrected chi connectivity index (χ1v) is 4.73. The molecule has 0 aliphatic carbocycles. The SMILES string of the molecule is NCCCNC(=O)N[C@@H](CC(N)=O)C(=O)O. The van der Waals surface area contributed by atoms with Gasteiger partial charge in [-0.3, -0.25) is 4.79 Å². The number of urea groups is 1. The molecule has 0 aromatic rings. The largest absolute Gasteiger partial charge is 0.480 e. The van der Waals surface area contributed by atoms with Crippen molar-refractivity contribution < 1.29 is 19.5 Å². The van der Waals surface area contributed by atoms with Gasteiger partial charge in [-0.1, -0.05) is 0 Å². The number of hydrogen-bond acceptors (Lipinski definition) is 4. The number of carbonyl (C=O) groups is 3. The number of primary amides is 1. The van der Waals surface area contributed by atoms with Gasteiger partial charge >= 0.3 is 12.0 Å². The smallest absolute Gasteiger partial charge is 0.326 e. The molecule has 0 aromatic carbocycles. The highest BCUT2D eigenvalue weighted by atomic mass is 16.4. The van der Waals surface area contributed by atoms with Gasteiger partial charge in [0.25, 0.3) is 0 Å². The molecule has 0 unspecified atom stereocenters. The number of carbonyl (C=O) groups excluding carboxylic acids is 2. The van der Waals surface area contributed by atoms with E-state index in [-0.39, 0.29) is 0 Å². The van der Waals surface area contributed by atoms with Crippen LogP contribution < -0.4 is 22.1 Å². The van der Waals surface area contributed by atoms with Crippen LogP contribution in [-0.4, -0.2) is 42.1 Å². The molecule has 0 bridgehead atoms. The first kappa shape index (κ1) is 14.2. The van der Waals surface area contributed by atoms with Gasteiger partial charge in [-0.2, -0.15) is 0 Å². The monoisotopic (exact) mass is 232 g/mol. The van der Waals surface area contributed by atoms with Gasteiger partial charge in [0, 0.05) is 6.54 Å². The lowest BCUT2D eigenvalue weighted by Gasteiger charge is -2.13. The van der Waals surface area contributed by atoms with Crippen molar-refractivity contribution in [3.05, 3.63) is 0 Å². The van der Waals surface area contributed by atoms with Crippen LogP contribution in [0.5, 0.6) is 0 Å². The van der Waals surface area contributed by atoms with Crippen LogP contribution in [0.15, 0.2) is 0 Å². The van der Waals surface area contributed by atoms with E-state index >= 15 is 0 Å². The Morgan fingerprint density at radius 2 is 1.94 bits per heavy atom. The molecule has 0 aromatic heterocycles. The third-order valence-electron chi connectivity index (χ3n) is 1.68. The first-order valence-electron chi connectivity index (χ1n) is 4.73. The molecule has 8 heteroatoms. The lowest BCUT2D eigenvalue weighted by molar-refractivity contribution is -0.140. The zero-order valence-electron chi connectivity index (χ0n) is 8.73. The summed E-state index contributed by atoms with van der Waals surface area (Å²) in [6, 6.07) is -1.97. The third kappa shape index (κ3) is 6.60. The van der Waals surface area contributed by atoms with Crippen molar-refractivity contribution in [1.82, 2.24) is 10.6 Å². The van der Waals surface area contributed by atoms with Gasteiger partial charge in [0.1, 0.15) is 6.04 Å². The third-order valence-corrected chi connectivity index (χ3v) is 1.68. The van der Waals surface area contributed by atoms with Crippen molar-refractivity contribution in [1.29, 1.82) is 0 Å². The maximum absolute atomic E-state index is 11.1. The number of hydrogen-bond donors (Lipinski definition) is 5. The number of amides is 3. The second kappa shape index (κ2) is 7.46. The van der Waals surface area contributed by atoms with Gasteiger partial charge in [-0.25, -0.2) is 9.59 Å². The number of nitrogens with two attached hydrogens (primary N) is 2. The average molecular weight is 232 g/mol. The topological polar surface area (TPSA) is 148 Å². The van der Waals surface area contributed by atoms with Gasteiger partial charge in [0.2, 0.25) is 5.91 Å². The van der Waals surface area contributed by atoms with E-state index in [4.69, 9.17) is 16.6 Å². The zero-order valence-corrected chi connectivity index (χ0v) is 8.73. The zero-order chi connectivity index (χ0) is 12.6. The molecule has 7 N–H and O–H groups in total. The fourth-order valence-electron chi connectivity index (χ4n) is 0.915. The van der Waals surface area contributed by atoms with Crippen LogP contribution in [0.1, 0.15) is 12.8 Å². The number of rotatable bonds is 7. The molecule has 0 rings (SSSR count). The summed E-state index contributed by atoms with van der Waals surface area (Å²) in [4.78, 5) is 32.3. The summed E-state index contributed by atoms with van der Waals surface area (Å²) in [7, 11) is 0. The number of carboxylic acid groups (broad SMARTS) is 1. The van der Waals surface area contributed by atoms with Gasteiger partial charge in [0.15, 0.2) is 0 Å². The molecule has 0 aliphatic heterocycles. The molecule has 0 saturated heterocycles. The molecular weight excluding hydrogens is 216 g/mol. The summed E-state index contributed by atoms with van der Waals surface area (Å²) in [6.45, 7) is 0.759. The molecule has 0 saturated carbocycles. The maximum atomic E-state index is 11.1. The fraction of sp³-hybridized carbons (Fsp3) is 0.625. The Balaban J connectivity index is 4.03. The van der Waals surface area contributed by atoms with Crippen LogP contribution in [-0.2, 0) is 9.59 Å². The molecule has 0 spiro atoms. The van der Waals surface area contributed by atoms with Gasteiger partial charge in [0.05, 0.1) is 6.42 Å². The van der Waals surface area contributed by atoms with E-state index in [0.29, 0.717) is 19.5 Å². The Bertz CT molecular complexity index is 269. The van der Waals surface area contributed by atoms with Crippen molar-refractivity contribution in [3.63, 3.8) is 0 Å². The van der Waals surface area contributed by atoms with E-state index < -0.39 is 30.4 Å². The molecule has 16 heavy (non-hydrogen) atoms. The molecule has 0 aliphatic rings. The summed E-state index contributed by atoms with van der Waals surface area (Å²) in [5.74, 6) is -2.11. The Morgan fingerprint density at radius 1 is 1.31 bits per heavy atom. The number of nitrogens with one attached hydrogen (secondary N) is 2. The van der Waals surface area contributed by atoms with E-state index in [1.807, 2.05) is 0 Å². The summed E-state index contributed by atoms with van der Waals surface area (Å²) in [5.41, 5.74) is 10.0. The van der Waals surface area contributed by atoms with E-state index in [1.54, 1.807) is 0 Å². The van der Waals surface area contributed by atoms with Crippen LogP contribution in [0.3, 0.4) is 0 Å². The van der Waals surface area contributed by atoms with Crippen molar-refractivity contribution >= 4 is 17.9 Å². The van der Waals surface area contributed by atoms with Crippen LogP contribution >= 0.6 is 0 Å². The van der Waals surface area contributed by atoms with Gasteiger partial charge < -0.3 is 27.2 Å². The highest BCUT2D eigenvalue weighted by Crippen LogP contribution is 1.91. The standard InChI is InChI=1S/C8H16N4O4/c9-2-1-3-11-8(16)12-5(7(14)15)4-6(10)13/h5H,1-4,9H2,(H2,10,13)(H,14,15)(H2,11,12,16)/t5-/m0/s1. The van der Waals surface area contributed by atoms with Crippen molar-refractivity contribution in [2.24, 2.45) is 11.5 Å². The summed E-state index contributed by atoms with van der Waals surface area (Å²) in [6.07, 6.45) is 0.140. The van der Waals surface area contributed by atoms with E-state index in [1.165, 1.54) is 0 Å². The second-order valence-electron chi connectivity index (χ2n) is 3.10. The highest BCUT2D eigenvalue weighted by Gasteiger charge is 2.21. The Hall–Kier alpha value is -1.83. The minimum atomic E-state index is -1.31. The average Bonchev–Trinajstić information content (AvgIpc) is 2.16. The lowest BCUT2D eigenvalue weighted by atomic mass is 10.2.